The highest BCUT2D eigenvalue weighted by Crippen LogP contribution is 2.91. The zero-order chi connectivity index (χ0) is 12.7. The van der Waals surface area contributed by atoms with E-state index in [2.05, 4.69) is 13.8 Å². The second kappa shape index (κ2) is 2.89. The van der Waals surface area contributed by atoms with Crippen LogP contribution in [0.2, 0.25) is 0 Å². The number of hydrogen-bond donors (Lipinski definition) is 2. The molecule has 98 valence electrons. The number of rotatable bonds is 3. The van der Waals surface area contributed by atoms with Crippen molar-refractivity contribution < 1.29 is 18.1 Å². The first-order valence-electron chi connectivity index (χ1n) is 6.27. The molecule has 0 radical (unpaired) electrons. The first-order chi connectivity index (χ1) is 7.71. The van der Waals surface area contributed by atoms with E-state index in [-0.39, 0.29) is 34.5 Å². The lowest BCUT2D eigenvalue weighted by atomic mass is 9.52. The molecule has 3 rings (SSSR count). The molecule has 0 aromatic heterocycles. The van der Waals surface area contributed by atoms with E-state index in [4.69, 9.17) is 0 Å². The summed E-state index contributed by atoms with van der Waals surface area (Å²) in [7, 11) is -3.96. The average molecular weight is 260 g/mol. The van der Waals surface area contributed by atoms with Crippen molar-refractivity contribution in [3.8, 4) is 0 Å². The van der Waals surface area contributed by atoms with Crippen molar-refractivity contribution in [3.05, 3.63) is 0 Å². The van der Waals surface area contributed by atoms with Crippen LogP contribution in [-0.4, -0.2) is 30.4 Å². The standard InChI is InChI=1S/C12H20O4S/c1-10(2)9-5-8(6-13)11(7-17(14,15)16)3-4-12(9,10)11/h8-9,13H,3-7H2,1-2H3,(H,14,15,16). The van der Waals surface area contributed by atoms with Gasteiger partial charge >= 0.3 is 0 Å². The fraction of sp³-hybridized carbons (Fsp3) is 1.00. The van der Waals surface area contributed by atoms with Gasteiger partial charge in [-0.1, -0.05) is 13.8 Å². The van der Waals surface area contributed by atoms with Crippen LogP contribution in [0.1, 0.15) is 33.1 Å². The Morgan fingerprint density at radius 1 is 1.29 bits per heavy atom. The number of aliphatic hydroxyl groups is 1. The van der Waals surface area contributed by atoms with E-state index in [0.29, 0.717) is 5.92 Å². The third kappa shape index (κ3) is 1.09. The quantitative estimate of drug-likeness (QED) is 0.750. The lowest BCUT2D eigenvalue weighted by Crippen LogP contribution is -2.53. The maximum absolute atomic E-state index is 11.3. The fourth-order valence-corrected chi connectivity index (χ4v) is 6.92. The van der Waals surface area contributed by atoms with Crippen molar-refractivity contribution in [2.24, 2.45) is 28.1 Å². The summed E-state index contributed by atoms with van der Waals surface area (Å²) in [5.41, 5.74) is -0.103. The van der Waals surface area contributed by atoms with Crippen LogP contribution in [0.3, 0.4) is 0 Å². The maximum Gasteiger partial charge on any atom is 0.265 e. The minimum atomic E-state index is -3.96. The van der Waals surface area contributed by atoms with Gasteiger partial charge in [0.05, 0.1) is 5.75 Å². The van der Waals surface area contributed by atoms with E-state index in [0.717, 1.165) is 19.3 Å². The molecule has 3 aliphatic carbocycles. The topological polar surface area (TPSA) is 74.6 Å². The minimum Gasteiger partial charge on any atom is -0.396 e. The van der Waals surface area contributed by atoms with Gasteiger partial charge in [0.25, 0.3) is 10.1 Å². The molecule has 0 bridgehead atoms. The minimum absolute atomic E-state index is 0.0455. The summed E-state index contributed by atoms with van der Waals surface area (Å²) < 4.78 is 31.8. The van der Waals surface area contributed by atoms with E-state index in [9.17, 15) is 18.1 Å². The Bertz CT molecular complexity index is 469. The molecular weight excluding hydrogens is 240 g/mol. The predicted octanol–water partition coefficient (Wildman–Crippen LogP) is 1.31. The van der Waals surface area contributed by atoms with Crippen molar-refractivity contribution >= 4 is 10.1 Å². The largest absolute Gasteiger partial charge is 0.396 e. The Hall–Kier alpha value is -0.130. The van der Waals surface area contributed by atoms with Crippen LogP contribution in [0.4, 0.5) is 0 Å². The summed E-state index contributed by atoms with van der Waals surface area (Å²) >= 11 is 0. The highest BCUT2D eigenvalue weighted by atomic mass is 32.2. The summed E-state index contributed by atoms with van der Waals surface area (Å²) in [6.45, 7) is 4.44. The third-order valence-electron chi connectivity index (χ3n) is 6.35. The molecular formula is C12H20O4S. The molecule has 0 aromatic carbocycles. The summed E-state index contributed by atoms with van der Waals surface area (Å²) in [5, 5.41) is 9.48. The number of aliphatic hydroxyl groups excluding tert-OH is 1. The van der Waals surface area contributed by atoms with Crippen molar-refractivity contribution in [1.29, 1.82) is 0 Å². The lowest BCUT2D eigenvalue weighted by Gasteiger charge is -2.54. The van der Waals surface area contributed by atoms with Crippen molar-refractivity contribution in [2.45, 2.75) is 33.1 Å². The van der Waals surface area contributed by atoms with E-state index in [1.165, 1.54) is 0 Å². The molecule has 0 heterocycles. The maximum atomic E-state index is 11.3. The molecule has 17 heavy (non-hydrogen) atoms. The summed E-state index contributed by atoms with van der Waals surface area (Å²) in [6.07, 6.45) is 2.80. The van der Waals surface area contributed by atoms with Gasteiger partial charge < -0.3 is 5.11 Å². The van der Waals surface area contributed by atoms with Gasteiger partial charge in [0.15, 0.2) is 0 Å². The molecule has 0 aromatic rings. The van der Waals surface area contributed by atoms with Crippen molar-refractivity contribution in [3.63, 3.8) is 0 Å². The molecule has 2 N–H and O–H groups in total. The molecule has 3 saturated carbocycles. The molecule has 4 unspecified atom stereocenters. The molecule has 1 spiro atoms. The van der Waals surface area contributed by atoms with E-state index in [1.807, 2.05) is 0 Å². The van der Waals surface area contributed by atoms with Crippen molar-refractivity contribution in [2.75, 3.05) is 12.4 Å². The van der Waals surface area contributed by atoms with E-state index >= 15 is 0 Å². The molecule has 3 aliphatic rings. The Morgan fingerprint density at radius 2 is 1.94 bits per heavy atom. The molecule has 0 saturated heterocycles. The monoisotopic (exact) mass is 260 g/mol. The van der Waals surface area contributed by atoms with Gasteiger partial charge in [0.1, 0.15) is 0 Å². The Labute approximate surface area is 102 Å². The molecule has 5 heteroatoms. The zero-order valence-electron chi connectivity index (χ0n) is 10.3. The SMILES string of the molecule is CC1(C)C2CC(CO)C3(CS(=O)(=O)O)CCC213. The van der Waals surface area contributed by atoms with Crippen LogP contribution in [0.5, 0.6) is 0 Å². The van der Waals surface area contributed by atoms with Gasteiger partial charge in [0, 0.05) is 6.61 Å². The van der Waals surface area contributed by atoms with Crippen LogP contribution in [0.25, 0.3) is 0 Å². The van der Waals surface area contributed by atoms with Gasteiger partial charge in [-0.25, -0.2) is 0 Å². The smallest absolute Gasteiger partial charge is 0.265 e. The predicted molar refractivity (Wildman–Crippen MR) is 63.0 cm³/mol. The lowest BCUT2D eigenvalue weighted by molar-refractivity contribution is -0.0523. The summed E-state index contributed by atoms with van der Waals surface area (Å²) in [6, 6.07) is 0. The first-order valence-corrected chi connectivity index (χ1v) is 7.88. The van der Waals surface area contributed by atoms with Crippen molar-refractivity contribution in [1.82, 2.24) is 0 Å². The summed E-state index contributed by atoms with van der Waals surface area (Å²) in [5.74, 6) is 0.421. The van der Waals surface area contributed by atoms with Gasteiger partial charge in [-0.3, -0.25) is 4.55 Å². The fourth-order valence-electron chi connectivity index (χ4n) is 5.63. The van der Waals surface area contributed by atoms with Crippen LogP contribution in [0.15, 0.2) is 0 Å². The first kappa shape index (κ1) is 11.9. The van der Waals surface area contributed by atoms with Crippen LogP contribution >= 0.6 is 0 Å². The Kier molecular flexibility index (Phi) is 2.03. The van der Waals surface area contributed by atoms with Crippen LogP contribution in [0, 0.1) is 28.1 Å². The van der Waals surface area contributed by atoms with Crippen LogP contribution in [-0.2, 0) is 10.1 Å². The van der Waals surface area contributed by atoms with E-state index in [1.54, 1.807) is 0 Å². The Morgan fingerprint density at radius 3 is 2.35 bits per heavy atom. The molecule has 3 fully saturated rings. The second-order valence-corrected chi connectivity index (χ2v) is 8.20. The highest BCUT2D eigenvalue weighted by molar-refractivity contribution is 7.85. The number of hydrogen-bond acceptors (Lipinski definition) is 3. The Balaban J connectivity index is 2.01. The van der Waals surface area contributed by atoms with Gasteiger partial charge in [-0.2, -0.15) is 8.42 Å². The van der Waals surface area contributed by atoms with Gasteiger partial charge in [0.2, 0.25) is 0 Å². The average Bonchev–Trinajstić information content (AvgIpc) is 2.59. The van der Waals surface area contributed by atoms with Crippen LogP contribution < -0.4 is 0 Å². The zero-order valence-corrected chi connectivity index (χ0v) is 11.1. The second-order valence-electron chi connectivity index (χ2n) is 6.74. The van der Waals surface area contributed by atoms with E-state index < -0.39 is 10.1 Å². The highest BCUT2D eigenvalue weighted by Gasteiger charge is 2.87. The molecule has 4 nitrogen and oxygen atoms in total. The summed E-state index contributed by atoms with van der Waals surface area (Å²) in [4.78, 5) is 0. The third-order valence-corrected chi connectivity index (χ3v) is 7.23. The molecule has 4 atom stereocenters. The molecule has 0 amide bonds. The normalized spacial score (nSPS) is 50.4. The molecule has 0 aliphatic heterocycles. The van der Waals surface area contributed by atoms with Gasteiger partial charge in [-0.05, 0) is 47.3 Å². The van der Waals surface area contributed by atoms with Gasteiger partial charge in [-0.15, -0.1) is 0 Å².